The molecule has 1 aromatic carbocycles. The number of hydrogen-bond donors (Lipinski definition) is 1. The number of nitrogens with one attached hydrogen (secondary N) is 1. The fourth-order valence-electron chi connectivity index (χ4n) is 1.85. The van der Waals surface area contributed by atoms with Crippen LogP contribution in [0.1, 0.15) is 18.1 Å². The molecule has 0 unspecified atom stereocenters. The van der Waals surface area contributed by atoms with Gasteiger partial charge < -0.3 is 5.32 Å². The molecule has 1 heterocycles. The summed E-state index contributed by atoms with van der Waals surface area (Å²) in [5.41, 5.74) is 2.33. The maximum absolute atomic E-state index is 11.0. The Balaban J connectivity index is 2.38. The van der Waals surface area contributed by atoms with Crippen molar-refractivity contribution >= 4 is 23.3 Å². The highest BCUT2D eigenvalue weighted by Gasteiger charge is 2.12. The molecule has 21 heavy (non-hydrogen) atoms. The van der Waals surface area contributed by atoms with Crippen LogP contribution in [0.5, 0.6) is 0 Å². The predicted molar refractivity (Wildman–Crippen MR) is 85.1 cm³/mol. The number of rotatable bonds is 5. The summed E-state index contributed by atoms with van der Waals surface area (Å²) >= 11 is 1.44. The Morgan fingerprint density at radius 1 is 1.29 bits per heavy atom. The third-order valence-corrected chi connectivity index (χ3v) is 3.99. The second-order valence-electron chi connectivity index (χ2n) is 4.71. The monoisotopic (exact) mass is 303 g/mol. The first kappa shape index (κ1) is 15.3. The lowest BCUT2D eigenvalue weighted by Crippen LogP contribution is -2.01. The average molecular weight is 303 g/mol. The van der Waals surface area contributed by atoms with Crippen molar-refractivity contribution in [2.45, 2.75) is 30.7 Å². The lowest BCUT2D eigenvalue weighted by molar-refractivity contribution is -0.385. The van der Waals surface area contributed by atoms with Gasteiger partial charge in [0.15, 0.2) is 0 Å². The Kier molecular flexibility index (Phi) is 4.80. The van der Waals surface area contributed by atoms with Gasteiger partial charge in [-0.3, -0.25) is 10.1 Å². The molecule has 0 bridgehead atoms. The van der Waals surface area contributed by atoms with Gasteiger partial charge in [-0.25, -0.2) is 4.98 Å². The smallest absolute Gasteiger partial charge is 0.275 e. The molecule has 2 aromatic rings. The van der Waals surface area contributed by atoms with Crippen LogP contribution in [0.15, 0.2) is 40.3 Å². The fourth-order valence-corrected chi connectivity index (χ4v) is 2.87. The lowest BCUT2D eigenvalue weighted by Gasteiger charge is -2.08. The van der Waals surface area contributed by atoms with Gasteiger partial charge in [-0.2, -0.15) is 0 Å². The van der Waals surface area contributed by atoms with Crippen LogP contribution in [-0.2, 0) is 0 Å². The van der Waals surface area contributed by atoms with Crippen molar-refractivity contribution in [2.24, 2.45) is 0 Å². The van der Waals surface area contributed by atoms with Crippen LogP contribution >= 0.6 is 11.8 Å². The molecule has 0 aliphatic heterocycles. The van der Waals surface area contributed by atoms with Crippen molar-refractivity contribution in [3.05, 3.63) is 51.6 Å². The maximum atomic E-state index is 11.0. The first-order valence-corrected chi connectivity index (χ1v) is 7.46. The van der Waals surface area contributed by atoms with Crippen LogP contribution in [0.25, 0.3) is 0 Å². The van der Waals surface area contributed by atoms with E-state index in [4.69, 9.17) is 0 Å². The highest BCUT2D eigenvalue weighted by molar-refractivity contribution is 7.99. The van der Waals surface area contributed by atoms with Gasteiger partial charge in [0.25, 0.3) is 5.69 Å². The maximum Gasteiger partial charge on any atom is 0.275 e. The molecule has 110 valence electrons. The zero-order valence-electron chi connectivity index (χ0n) is 12.2. The standard InChI is InChI=1S/C15H17N3O2S/c1-4-16-14-8-12(18(19)20)9-15(17-14)21-13-7-10(2)5-6-11(13)3/h5-9H,4H2,1-3H3,(H,16,17). The molecule has 0 aliphatic rings. The normalized spacial score (nSPS) is 10.4. The Labute approximate surface area is 127 Å². The number of anilines is 1. The lowest BCUT2D eigenvalue weighted by atomic mass is 10.2. The molecule has 5 nitrogen and oxygen atoms in total. The van der Waals surface area contributed by atoms with Crippen LogP contribution < -0.4 is 5.32 Å². The molecule has 0 aliphatic carbocycles. The highest BCUT2D eigenvalue weighted by atomic mass is 32.2. The predicted octanol–water partition coefficient (Wildman–Crippen LogP) is 4.19. The van der Waals surface area contributed by atoms with Crippen molar-refractivity contribution < 1.29 is 4.92 Å². The molecule has 0 radical (unpaired) electrons. The quantitative estimate of drug-likeness (QED) is 0.662. The summed E-state index contributed by atoms with van der Waals surface area (Å²) in [5, 5.41) is 14.7. The minimum absolute atomic E-state index is 0.0498. The summed E-state index contributed by atoms with van der Waals surface area (Å²) in [7, 11) is 0. The second kappa shape index (κ2) is 6.58. The third-order valence-electron chi connectivity index (χ3n) is 2.91. The van der Waals surface area contributed by atoms with Gasteiger partial charge in [-0.15, -0.1) is 0 Å². The van der Waals surface area contributed by atoms with E-state index in [1.54, 1.807) is 0 Å². The number of aromatic nitrogens is 1. The van der Waals surface area contributed by atoms with Crippen molar-refractivity contribution in [3.8, 4) is 0 Å². The Morgan fingerprint density at radius 2 is 2.05 bits per heavy atom. The van der Waals surface area contributed by atoms with Gasteiger partial charge in [0.1, 0.15) is 10.8 Å². The van der Waals surface area contributed by atoms with E-state index in [0.29, 0.717) is 17.4 Å². The highest BCUT2D eigenvalue weighted by Crippen LogP contribution is 2.32. The van der Waals surface area contributed by atoms with Crippen LogP contribution in [0.4, 0.5) is 11.5 Å². The Morgan fingerprint density at radius 3 is 2.71 bits per heavy atom. The van der Waals surface area contributed by atoms with E-state index in [1.165, 1.54) is 23.9 Å². The summed E-state index contributed by atoms with van der Waals surface area (Å²) in [5.74, 6) is 0.527. The molecular formula is C15H17N3O2S. The number of nitrogens with zero attached hydrogens (tertiary/aromatic N) is 2. The largest absolute Gasteiger partial charge is 0.370 e. The molecule has 1 aromatic heterocycles. The van der Waals surface area contributed by atoms with Crippen molar-refractivity contribution in [3.63, 3.8) is 0 Å². The molecule has 0 fully saturated rings. The third kappa shape index (κ3) is 3.95. The van der Waals surface area contributed by atoms with E-state index < -0.39 is 4.92 Å². The topological polar surface area (TPSA) is 68.1 Å². The van der Waals surface area contributed by atoms with Gasteiger partial charge in [0.2, 0.25) is 0 Å². The van der Waals surface area contributed by atoms with Crippen molar-refractivity contribution in [1.29, 1.82) is 0 Å². The number of hydrogen-bond acceptors (Lipinski definition) is 5. The average Bonchev–Trinajstić information content (AvgIpc) is 2.43. The van der Waals surface area contributed by atoms with Crippen LogP contribution in [0.2, 0.25) is 0 Å². The minimum atomic E-state index is -0.393. The van der Waals surface area contributed by atoms with E-state index in [1.807, 2.05) is 32.9 Å². The fraction of sp³-hybridized carbons (Fsp3) is 0.267. The number of aryl methyl sites for hydroxylation is 2. The van der Waals surface area contributed by atoms with E-state index >= 15 is 0 Å². The molecule has 6 heteroatoms. The molecule has 0 amide bonds. The van der Waals surface area contributed by atoms with E-state index in [-0.39, 0.29) is 5.69 Å². The summed E-state index contributed by atoms with van der Waals surface area (Å²) in [6, 6.07) is 9.11. The first-order chi connectivity index (χ1) is 9.99. The van der Waals surface area contributed by atoms with Crippen LogP contribution in [0.3, 0.4) is 0 Å². The molecule has 0 saturated carbocycles. The molecule has 2 rings (SSSR count). The molecule has 0 atom stereocenters. The number of benzene rings is 1. The number of nitro groups is 1. The molecular weight excluding hydrogens is 286 g/mol. The second-order valence-corrected chi connectivity index (χ2v) is 5.77. The van der Waals surface area contributed by atoms with Gasteiger partial charge >= 0.3 is 0 Å². The van der Waals surface area contributed by atoms with Gasteiger partial charge in [0, 0.05) is 17.5 Å². The van der Waals surface area contributed by atoms with Gasteiger partial charge in [0.05, 0.1) is 11.0 Å². The summed E-state index contributed by atoms with van der Waals surface area (Å²) < 4.78 is 0. The van der Waals surface area contributed by atoms with Gasteiger partial charge in [-0.1, -0.05) is 23.9 Å². The number of pyridine rings is 1. The molecule has 0 spiro atoms. The SMILES string of the molecule is CCNc1cc([N+](=O)[O-])cc(Sc2cc(C)ccc2C)n1. The minimum Gasteiger partial charge on any atom is -0.370 e. The summed E-state index contributed by atoms with van der Waals surface area (Å²) in [4.78, 5) is 16.1. The Bertz CT molecular complexity index is 674. The first-order valence-electron chi connectivity index (χ1n) is 6.65. The van der Waals surface area contributed by atoms with E-state index in [2.05, 4.69) is 16.4 Å². The Hall–Kier alpha value is -2.08. The molecule has 0 saturated heterocycles. The van der Waals surface area contributed by atoms with E-state index in [9.17, 15) is 10.1 Å². The van der Waals surface area contributed by atoms with Crippen molar-refractivity contribution in [2.75, 3.05) is 11.9 Å². The zero-order chi connectivity index (χ0) is 15.4. The molecule has 1 N–H and O–H groups in total. The van der Waals surface area contributed by atoms with Crippen LogP contribution in [0, 0.1) is 24.0 Å². The van der Waals surface area contributed by atoms with Gasteiger partial charge in [-0.05, 0) is 38.0 Å². The van der Waals surface area contributed by atoms with Crippen LogP contribution in [-0.4, -0.2) is 16.5 Å². The summed E-state index contributed by atoms with van der Waals surface area (Å²) in [6.45, 7) is 6.64. The zero-order valence-corrected chi connectivity index (χ0v) is 13.0. The van der Waals surface area contributed by atoms with E-state index in [0.717, 1.165) is 16.0 Å². The summed E-state index contributed by atoms with van der Waals surface area (Å²) in [6.07, 6.45) is 0. The van der Waals surface area contributed by atoms with Crippen molar-refractivity contribution in [1.82, 2.24) is 4.98 Å².